The van der Waals surface area contributed by atoms with Crippen molar-refractivity contribution in [1.29, 1.82) is 0 Å². The summed E-state index contributed by atoms with van der Waals surface area (Å²) in [5, 5.41) is 6.11. The van der Waals surface area contributed by atoms with E-state index in [0.29, 0.717) is 17.3 Å². The van der Waals surface area contributed by atoms with E-state index in [1.165, 1.54) is 22.6 Å². The standard InChI is InChI=1S/C16H16F2N2S2/c1-11-2-4-15(5-3-11)22-7-6-19-16(21)20-14-9-12(17)8-13(18)10-14/h2-5,8-10H,6-7H2,1H3,(H2,19,20,21). The van der Waals surface area contributed by atoms with E-state index < -0.39 is 11.6 Å². The van der Waals surface area contributed by atoms with Crippen LogP contribution < -0.4 is 10.6 Å². The molecule has 0 unspecified atom stereocenters. The molecule has 2 aromatic rings. The van der Waals surface area contributed by atoms with Gasteiger partial charge in [-0.25, -0.2) is 8.78 Å². The highest BCUT2D eigenvalue weighted by Crippen LogP contribution is 2.17. The van der Waals surface area contributed by atoms with Crippen LogP contribution >= 0.6 is 24.0 Å². The van der Waals surface area contributed by atoms with E-state index in [2.05, 4.69) is 41.8 Å². The molecule has 6 heteroatoms. The van der Waals surface area contributed by atoms with Crippen molar-refractivity contribution in [3.8, 4) is 0 Å². The normalized spacial score (nSPS) is 10.3. The summed E-state index contributed by atoms with van der Waals surface area (Å²) in [5.74, 6) is -0.442. The average Bonchev–Trinajstić information content (AvgIpc) is 2.44. The maximum Gasteiger partial charge on any atom is 0.170 e. The van der Waals surface area contributed by atoms with Crippen LogP contribution in [0.2, 0.25) is 0 Å². The van der Waals surface area contributed by atoms with Crippen molar-refractivity contribution in [3.63, 3.8) is 0 Å². The molecule has 0 atom stereocenters. The molecule has 0 saturated heterocycles. The average molecular weight is 338 g/mol. The van der Waals surface area contributed by atoms with Crippen molar-refractivity contribution >= 4 is 34.8 Å². The molecule has 0 saturated carbocycles. The third kappa shape index (κ3) is 5.61. The predicted molar refractivity (Wildman–Crippen MR) is 92.5 cm³/mol. The molecule has 116 valence electrons. The van der Waals surface area contributed by atoms with E-state index >= 15 is 0 Å². The Morgan fingerprint density at radius 3 is 2.36 bits per heavy atom. The summed E-state index contributed by atoms with van der Waals surface area (Å²) in [7, 11) is 0. The Balaban J connectivity index is 1.72. The summed E-state index contributed by atoms with van der Waals surface area (Å²) >= 11 is 6.81. The number of nitrogens with one attached hydrogen (secondary N) is 2. The Bertz CT molecular complexity index is 625. The van der Waals surface area contributed by atoms with E-state index in [1.54, 1.807) is 11.8 Å². The number of hydrogen-bond donors (Lipinski definition) is 2. The number of thioether (sulfide) groups is 1. The van der Waals surface area contributed by atoms with Gasteiger partial charge < -0.3 is 10.6 Å². The maximum atomic E-state index is 13.1. The van der Waals surface area contributed by atoms with E-state index in [9.17, 15) is 8.78 Å². The van der Waals surface area contributed by atoms with Crippen LogP contribution in [0.3, 0.4) is 0 Å². The highest BCUT2D eigenvalue weighted by atomic mass is 32.2. The fraction of sp³-hybridized carbons (Fsp3) is 0.188. The molecule has 0 spiro atoms. The fourth-order valence-electron chi connectivity index (χ4n) is 1.77. The van der Waals surface area contributed by atoms with Gasteiger partial charge in [-0.15, -0.1) is 11.8 Å². The highest BCUT2D eigenvalue weighted by Gasteiger charge is 2.02. The van der Waals surface area contributed by atoms with Crippen LogP contribution in [0, 0.1) is 18.6 Å². The van der Waals surface area contributed by atoms with Gasteiger partial charge in [0.15, 0.2) is 5.11 Å². The lowest BCUT2D eigenvalue weighted by Crippen LogP contribution is -2.30. The van der Waals surface area contributed by atoms with E-state index in [0.717, 1.165) is 11.8 Å². The number of rotatable bonds is 5. The summed E-state index contributed by atoms with van der Waals surface area (Å²) in [5.41, 5.74) is 1.52. The Morgan fingerprint density at radius 2 is 1.73 bits per heavy atom. The minimum atomic E-state index is -0.639. The minimum Gasteiger partial charge on any atom is -0.362 e. The summed E-state index contributed by atoms with van der Waals surface area (Å²) in [6.45, 7) is 2.71. The van der Waals surface area contributed by atoms with Gasteiger partial charge in [0.2, 0.25) is 0 Å². The van der Waals surface area contributed by atoms with Crippen molar-refractivity contribution in [3.05, 3.63) is 59.7 Å². The Kier molecular flexibility index (Phi) is 6.15. The molecule has 2 nitrogen and oxygen atoms in total. The van der Waals surface area contributed by atoms with Crippen molar-refractivity contribution < 1.29 is 8.78 Å². The lowest BCUT2D eigenvalue weighted by Gasteiger charge is -2.10. The second-order valence-corrected chi connectivity index (χ2v) is 6.28. The minimum absolute atomic E-state index is 0.293. The first-order chi connectivity index (χ1) is 10.5. The van der Waals surface area contributed by atoms with Gasteiger partial charge in [-0.3, -0.25) is 0 Å². The molecule has 2 rings (SSSR count). The van der Waals surface area contributed by atoms with E-state index in [1.807, 2.05) is 0 Å². The topological polar surface area (TPSA) is 24.1 Å². The summed E-state index contributed by atoms with van der Waals surface area (Å²) in [6, 6.07) is 11.5. The van der Waals surface area contributed by atoms with Crippen LogP contribution in [0.25, 0.3) is 0 Å². The second kappa shape index (κ2) is 8.10. The largest absolute Gasteiger partial charge is 0.362 e. The molecule has 0 heterocycles. The Labute approximate surface area is 138 Å². The van der Waals surface area contributed by atoms with Crippen LogP contribution in [0.1, 0.15) is 5.56 Å². The summed E-state index contributed by atoms with van der Waals surface area (Å²) in [4.78, 5) is 1.19. The lowest BCUT2D eigenvalue weighted by molar-refractivity contribution is 0.584. The smallest absolute Gasteiger partial charge is 0.170 e. The molecule has 22 heavy (non-hydrogen) atoms. The van der Waals surface area contributed by atoms with Crippen molar-refractivity contribution in [2.45, 2.75) is 11.8 Å². The summed E-state index contributed by atoms with van der Waals surface area (Å²) in [6.07, 6.45) is 0. The zero-order valence-corrected chi connectivity index (χ0v) is 13.7. The number of benzene rings is 2. The molecule has 0 aliphatic heterocycles. The second-order valence-electron chi connectivity index (χ2n) is 4.70. The number of hydrogen-bond acceptors (Lipinski definition) is 2. The molecule has 0 aliphatic carbocycles. The highest BCUT2D eigenvalue weighted by molar-refractivity contribution is 7.99. The molecule has 0 amide bonds. The SMILES string of the molecule is Cc1ccc(SCCNC(=S)Nc2cc(F)cc(F)c2)cc1. The Hall–Kier alpha value is -1.66. The molecular formula is C16H16F2N2S2. The van der Waals surface area contributed by atoms with Crippen LogP contribution in [0.15, 0.2) is 47.4 Å². The van der Waals surface area contributed by atoms with Crippen molar-refractivity contribution in [1.82, 2.24) is 5.32 Å². The molecule has 2 aromatic carbocycles. The van der Waals surface area contributed by atoms with Gasteiger partial charge in [0.25, 0.3) is 0 Å². The molecule has 2 N–H and O–H groups in total. The number of anilines is 1. The van der Waals surface area contributed by atoms with Crippen molar-refractivity contribution in [2.24, 2.45) is 0 Å². The molecular weight excluding hydrogens is 322 g/mol. The van der Waals surface area contributed by atoms with Gasteiger partial charge in [0.1, 0.15) is 11.6 Å². The molecule has 0 aliphatic rings. The van der Waals surface area contributed by atoms with E-state index in [4.69, 9.17) is 12.2 Å². The van der Waals surface area contributed by atoms with Gasteiger partial charge in [0.05, 0.1) is 0 Å². The van der Waals surface area contributed by atoms with Gasteiger partial charge in [-0.05, 0) is 43.4 Å². The van der Waals surface area contributed by atoms with Crippen LogP contribution in [0.4, 0.5) is 14.5 Å². The number of aryl methyl sites for hydroxylation is 1. The number of halogens is 2. The molecule has 0 radical (unpaired) electrons. The van der Waals surface area contributed by atoms with Gasteiger partial charge in [-0.1, -0.05) is 17.7 Å². The first-order valence-corrected chi connectivity index (χ1v) is 8.13. The third-order valence-electron chi connectivity index (χ3n) is 2.80. The summed E-state index contributed by atoms with van der Waals surface area (Å²) < 4.78 is 26.1. The molecule has 0 aromatic heterocycles. The third-order valence-corrected chi connectivity index (χ3v) is 4.06. The molecule has 0 fully saturated rings. The van der Waals surface area contributed by atoms with Crippen LogP contribution in [-0.4, -0.2) is 17.4 Å². The van der Waals surface area contributed by atoms with Gasteiger partial charge >= 0.3 is 0 Å². The van der Waals surface area contributed by atoms with Gasteiger partial charge in [-0.2, -0.15) is 0 Å². The molecule has 0 bridgehead atoms. The van der Waals surface area contributed by atoms with Gasteiger partial charge in [0, 0.05) is 28.9 Å². The van der Waals surface area contributed by atoms with Crippen LogP contribution in [0.5, 0.6) is 0 Å². The van der Waals surface area contributed by atoms with Crippen molar-refractivity contribution in [2.75, 3.05) is 17.6 Å². The number of thiocarbonyl (C=S) groups is 1. The maximum absolute atomic E-state index is 13.1. The quantitative estimate of drug-likeness (QED) is 0.481. The van der Waals surface area contributed by atoms with Crippen LogP contribution in [-0.2, 0) is 0 Å². The Morgan fingerprint density at radius 1 is 1.09 bits per heavy atom. The first-order valence-electron chi connectivity index (χ1n) is 6.73. The monoisotopic (exact) mass is 338 g/mol. The zero-order valence-electron chi connectivity index (χ0n) is 12.0. The first kappa shape index (κ1) is 16.7. The zero-order chi connectivity index (χ0) is 15.9. The predicted octanol–water partition coefficient (Wildman–Crippen LogP) is 4.35. The fourth-order valence-corrected chi connectivity index (χ4v) is 2.76. The lowest BCUT2D eigenvalue weighted by atomic mass is 10.2. The van der Waals surface area contributed by atoms with E-state index in [-0.39, 0.29) is 0 Å².